The molecule has 0 saturated carbocycles. The van der Waals surface area contributed by atoms with Gasteiger partial charge >= 0.3 is 5.97 Å². The summed E-state index contributed by atoms with van der Waals surface area (Å²) < 4.78 is 4.38. The summed E-state index contributed by atoms with van der Waals surface area (Å²) in [5, 5.41) is 11.0. The van der Waals surface area contributed by atoms with Gasteiger partial charge in [-0.2, -0.15) is 5.26 Å². The minimum Gasteiger partial charge on any atom is -0.468 e. The summed E-state index contributed by atoms with van der Waals surface area (Å²) in [6.45, 7) is -0.188. The van der Waals surface area contributed by atoms with Crippen LogP contribution in [-0.4, -0.2) is 25.5 Å². The van der Waals surface area contributed by atoms with E-state index in [9.17, 15) is 9.59 Å². The molecular weight excluding hydrogens is 208 g/mol. The molecular formula is C11H10N2O3. The van der Waals surface area contributed by atoms with Gasteiger partial charge in [0.15, 0.2) is 0 Å². The quantitative estimate of drug-likeness (QED) is 0.747. The van der Waals surface area contributed by atoms with Crippen LogP contribution in [-0.2, 0) is 9.53 Å². The van der Waals surface area contributed by atoms with Crippen molar-refractivity contribution >= 4 is 11.9 Å². The lowest BCUT2D eigenvalue weighted by Gasteiger charge is -2.03. The molecule has 0 radical (unpaired) electrons. The summed E-state index contributed by atoms with van der Waals surface area (Å²) in [5.41, 5.74) is 0.730. The highest BCUT2D eigenvalue weighted by atomic mass is 16.5. The molecule has 0 aliphatic rings. The van der Waals surface area contributed by atoms with Crippen LogP contribution in [0.1, 0.15) is 15.9 Å². The number of nitrogens with zero attached hydrogens (tertiary/aromatic N) is 1. The van der Waals surface area contributed by atoms with Crippen LogP contribution in [0.5, 0.6) is 0 Å². The standard InChI is InChI=1S/C11H10N2O3/c1-16-10(14)7-13-11(15)9-4-2-3-8(5-9)6-12/h2-5H,7H2,1H3,(H,13,15). The Balaban J connectivity index is 2.66. The van der Waals surface area contributed by atoms with E-state index in [1.165, 1.54) is 13.2 Å². The number of nitriles is 1. The molecule has 1 amide bonds. The van der Waals surface area contributed by atoms with E-state index in [0.717, 1.165) is 0 Å². The van der Waals surface area contributed by atoms with E-state index in [1.807, 2.05) is 6.07 Å². The number of ether oxygens (including phenoxy) is 1. The van der Waals surface area contributed by atoms with E-state index in [1.54, 1.807) is 18.2 Å². The fraction of sp³-hybridized carbons (Fsp3) is 0.182. The van der Waals surface area contributed by atoms with Crippen molar-refractivity contribution in [2.75, 3.05) is 13.7 Å². The van der Waals surface area contributed by atoms with E-state index >= 15 is 0 Å². The minimum absolute atomic E-state index is 0.188. The third kappa shape index (κ3) is 3.10. The van der Waals surface area contributed by atoms with E-state index < -0.39 is 11.9 Å². The first kappa shape index (κ1) is 11.7. The smallest absolute Gasteiger partial charge is 0.325 e. The van der Waals surface area contributed by atoms with Crippen molar-refractivity contribution in [2.24, 2.45) is 0 Å². The average molecular weight is 218 g/mol. The van der Waals surface area contributed by atoms with Crippen LogP contribution in [0, 0.1) is 11.3 Å². The highest BCUT2D eigenvalue weighted by molar-refractivity contribution is 5.96. The maximum Gasteiger partial charge on any atom is 0.325 e. The largest absolute Gasteiger partial charge is 0.468 e. The Morgan fingerprint density at radius 3 is 2.88 bits per heavy atom. The Kier molecular flexibility index (Phi) is 4.04. The molecule has 1 aromatic carbocycles. The number of benzene rings is 1. The van der Waals surface area contributed by atoms with E-state index in [2.05, 4.69) is 10.1 Å². The fourth-order valence-electron chi connectivity index (χ4n) is 1.06. The molecule has 0 fully saturated rings. The van der Waals surface area contributed by atoms with Gasteiger partial charge in [-0.1, -0.05) is 6.07 Å². The number of carbonyl (C=O) groups is 2. The predicted octanol–water partition coefficient (Wildman–Crippen LogP) is 0.461. The molecule has 1 rings (SSSR count). The predicted molar refractivity (Wildman–Crippen MR) is 55.5 cm³/mol. The van der Waals surface area contributed by atoms with Crippen molar-refractivity contribution in [1.29, 1.82) is 5.26 Å². The number of esters is 1. The van der Waals surface area contributed by atoms with Crippen LogP contribution in [0.15, 0.2) is 24.3 Å². The third-order valence-electron chi connectivity index (χ3n) is 1.87. The molecule has 0 bridgehead atoms. The zero-order chi connectivity index (χ0) is 12.0. The summed E-state index contributed by atoms with van der Waals surface area (Å²) in [6, 6.07) is 8.14. The Labute approximate surface area is 92.6 Å². The zero-order valence-electron chi connectivity index (χ0n) is 8.69. The second-order valence-electron chi connectivity index (χ2n) is 2.95. The van der Waals surface area contributed by atoms with Crippen LogP contribution in [0.2, 0.25) is 0 Å². The Hall–Kier alpha value is -2.35. The van der Waals surface area contributed by atoms with Crippen molar-refractivity contribution in [1.82, 2.24) is 5.32 Å². The van der Waals surface area contributed by atoms with Gasteiger partial charge in [-0.3, -0.25) is 9.59 Å². The maximum atomic E-state index is 11.5. The number of carbonyl (C=O) groups excluding carboxylic acids is 2. The molecule has 1 N–H and O–H groups in total. The lowest BCUT2D eigenvalue weighted by atomic mass is 10.1. The third-order valence-corrected chi connectivity index (χ3v) is 1.87. The van der Waals surface area contributed by atoms with Crippen molar-refractivity contribution < 1.29 is 14.3 Å². The summed E-state index contributed by atoms with van der Waals surface area (Å²) in [7, 11) is 1.24. The zero-order valence-corrected chi connectivity index (χ0v) is 8.69. The molecule has 0 aromatic heterocycles. The number of hydrogen-bond acceptors (Lipinski definition) is 4. The number of amides is 1. The summed E-state index contributed by atoms with van der Waals surface area (Å²) in [5.74, 6) is -0.938. The molecule has 0 aliphatic heterocycles. The van der Waals surface area contributed by atoms with Crippen molar-refractivity contribution in [3.63, 3.8) is 0 Å². The van der Waals surface area contributed by atoms with Crippen LogP contribution in [0.25, 0.3) is 0 Å². The Morgan fingerprint density at radius 1 is 1.50 bits per heavy atom. The molecule has 0 atom stereocenters. The van der Waals surface area contributed by atoms with Crippen LogP contribution >= 0.6 is 0 Å². The van der Waals surface area contributed by atoms with Gasteiger partial charge in [0.05, 0.1) is 18.7 Å². The topological polar surface area (TPSA) is 79.2 Å². The second-order valence-corrected chi connectivity index (χ2v) is 2.95. The molecule has 16 heavy (non-hydrogen) atoms. The fourth-order valence-corrected chi connectivity index (χ4v) is 1.06. The molecule has 0 heterocycles. The first-order valence-corrected chi connectivity index (χ1v) is 4.52. The van der Waals surface area contributed by atoms with Gasteiger partial charge in [0.25, 0.3) is 5.91 Å². The van der Waals surface area contributed by atoms with Gasteiger partial charge in [0, 0.05) is 5.56 Å². The molecule has 82 valence electrons. The van der Waals surface area contributed by atoms with E-state index in [0.29, 0.717) is 11.1 Å². The van der Waals surface area contributed by atoms with E-state index in [-0.39, 0.29) is 6.54 Å². The van der Waals surface area contributed by atoms with Crippen LogP contribution < -0.4 is 5.32 Å². The van der Waals surface area contributed by atoms with Gasteiger partial charge in [0.1, 0.15) is 6.54 Å². The first-order valence-electron chi connectivity index (χ1n) is 4.52. The average Bonchev–Trinajstić information content (AvgIpc) is 2.35. The highest BCUT2D eigenvalue weighted by Crippen LogP contribution is 2.03. The molecule has 1 aromatic rings. The summed E-state index contributed by atoms with van der Waals surface area (Å²) in [6.07, 6.45) is 0. The number of rotatable bonds is 3. The van der Waals surface area contributed by atoms with Crippen molar-refractivity contribution in [2.45, 2.75) is 0 Å². The lowest BCUT2D eigenvalue weighted by Crippen LogP contribution is -2.30. The number of hydrogen-bond donors (Lipinski definition) is 1. The summed E-state index contributed by atoms with van der Waals surface area (Å²) >= 11 is 0. The van der Waals surface area contributed by atoms with Crippen molar-refractivity contribution in [3.05, 3.63) is 35.4 Å². The molecule has 0 saturated heterocycles. The number of methoxy groups -OCH3 is 1. The number of nitrogens with one attached hydrogen (secondary N) is 1. The monoisotopic (exact) mass is 218 g/mol. The van der Waals surface area contributed by atoms with Crippen LogP contribution in [0.3, 0.4) is 0 Å². The van der Waals surface area contributed by atoms with Gasteiger partial charge in [-0.15, -0.1) is 0 Å². The Morgan fingerprint density at radius 2 is 2.25 bits per heavy atom. The van der Waals surface area contributed by atoms with Crippen molar-refractivity contribution in [3.8, 4) is 6.07 Å². The first-order chi connectivity index (χ1) is 7.67. The summed E-state index contributed by atoms with van der Waals surface area (Å²) in [4.78, 5) is 22.3. The van der Waals surface area contributed by atoms with Gasteiger partial charge in [-0.25, -0.2) is 0 Å². The lowest BCUT2D eigenvalue weighted by molar-refractivity contribution is -0.139. The maximum absolute atomic E-state index is 11.5. The molecule has 0 aliphatic carbocycles. The van der Waals surface area contributed by atoms with Gasteiger partial charge in [0.2, 0.25) is 0 Å². The highest BCUT2D eigenvalue weighted by Gasteiger charge is 2.08. The molecule has 5 nitrogen and oxygen atoms in total. The van der Waals surface area contributed by atoms with Gasteiger partial charge < -0.3 is 10.1 Å². The minimum atomic E-state index is -0.523. The van der Waals surface area contributed by atoms with E-state index in [4.69, 9.17) is 5.26 Å². The Bertz CT molecular complexity index is 449. The molecule has 0 unspecified atom stereocenters. The molecule has 5 heteroatoms. The normalized spacial score (nSPS) is 9.00. The SMILES string of the molecule is COC(=O)CNC(=O)c1cccc(C#N)c1. The second kappa shape index (κ2) is 5.51. The molecule has 0 spiro atoms. The van der Waals surface area contributed by atoms with Crippen LogP contribution in [0.4, 0.5) is 0 Å². The van der Waals surface area contributed by atoms with Gasteiger partial charge in [-0.05, 0) is 18.2 Å².